The highest BCUT2D eigenvalue weighted by Gasteiger charge is 2.27. The van der Waals surface area contributed by atoms with Gasteiger partial charge in [0.2, 0.25) is 11.8 Å². The molecule has 0 radical (unpaired) electrons. The predicted octanol–water partition coefficient (Wildman–Crippen LogP) is 1.26. The third-order valence-corrected chi connectivity index (χ3v) is 3.69. The van der Waals surface area contributed by atoms with E-state index in [2.05, 4.69) is 23.3 Å². The van der Waals surface area contributed by atoms with E-state index in [0.717, 1.165) is 5.56 Å². The van der Waals surface area contributed by atoms with E-state index in [1.54, 1.807) is 0 Å². The van der Waals surface area contributed by atoms with Gasteiger partial charge in [-0.2, -0.15) is 12.6 Å². The second-order valence-corrected chi connectivity index (χ2v) is 6.31. The van der Waals surface area contributed by atoms with Gasteiger partial charge < -0.3 is 15.7 Å². The molecular weight excluding hydrogens is 328 g/mol. The molecule has 0 aromatic heterocycles. The number of nitrogens with one attached hydrogen (secondary N) is 2. The Morgan fingerprint density at radius 3 is 2.21 bits per heavy atom. The van der Waals surface area contributed by atoms with Crippen molar-refractivity contribution in [2.24, 2.45) is 5.92 Å². The lowest BCUT2D eigenvalue weighted by atomic mass is 10.0. The number of carbonyl (C=O) groups is 3. The highest BCUT2D eigenvalue weighted by molar-refractivity contribution is 7.81. The number of rotatable bonds is 9. The molecule has 0 spiro atoms. The number of amides is 2. The summed E-state index contributed by atoms with van der Waals surface area (Å²) < 4.78 is 0. The van der Waals surface area contributed by atoms with Gasteiger partial charge in [0.25, 0.3) is 0 Å². The monoisotopic (exact) mass is 352 g/mol. The molecule has 2 amide bonds. The molecule has 1 aromatic rings. The molecule has 0 heterocycles. The van der Waals surface area contributed by atoms with Crippen LogP contribution >= 0.6 is 12.6 Å². The molecule has 7 heteroatoms. The van der Waals surface area contributed by atoms with E-state index in [0.29, 0.717) is 6.42 Å². The van der Waals surface area contributed by atoms with Gasteiger partial charge in [0.1, 0.15) is 12.1 Å². The van der Waals surface area contributed by atoms with Crippen LogP contribution in [0.4, 0.5) is 0 Å². The fourth-order valence-corrected chi connectivity index (χ4v) is 2.36. The average molecular weight is 352 g/mol. The molecule has 0 saturated carbocycles. The van der Waals surface area contributed by atoms with Crippen molar-refractivity contribution >= 4 is 30.4 Å². The Morgan fingerprint density at radius 2 is 1.71 bits per heavy atom. The summed E-state index contributed by atoms with van der Waals surface area (Å²) >= 11 is 3.89. The van der Waals surface area contributed by atoms with Gasteiger partial charge in [-0.15, -0.1) is 0 Å². The lowest BCUT2D eigenvalue weighted by Gasteiger charge is -2.22. The maximum atomic E-state index is 12.5. The highest BCUT2D eigenvalue weighted by Crippen LogP contribution is 2.08. The summed E-state index contributed by atoms with van der Waals surface area (Å²) in [5, 5.41) is 14.4. The standard InChI is InChI=1S/C17H24N2O4S/c1-11(2)8-14(17(22)23)19-16(21)13(18-15(20)10-24)9-12-6-4-3-5-7-12/h3-7,11,13-14,24H,8-10H2,1-2H3,(H,18,20)(H,19,21)(H,22,23). The smallest absolute Gasteiger partial charge is 0.326 e. The minimum absolute atomic E-state index is 0.0487. The number of carbonyl (C=O) groups excluding carboxylic acids is 2. The first kappa shape index (κ1) is 20.0. The Labute approximate surface area is 147 Å². The highest BCUT2D eigenvalue weighted by atomic mass is 32.1. The maximum Gasteiger partial charge on any atom is 0.326 e. The molecule has 0 aliphatic heterocycles. The minimum Gasteiger partial charge on any atom is -0.480 e. The van der Waals surface area contributed by atoms with E-state index in [9.17, 15) is 19.5 Å². The van der Waals surface area contributed by atoms with Crippen molar-refractivity contribution in [3.63, 3.8) is 0 Å². The lowest BCUT2D eigenvalue weighted by Crippen LogP contribution is -2.53. The van der Waals surface area contributed by atoms with Gasteiger partial charge in [0, 0.05) is 6.42 Å². The van der Waals surface area contributed by atoms with Gasteiger partial charge in [-0.05, 0) is 17.9 Å². The van der Waals surface area contributed by atoms with Crippen molar-refractivity contribution in [3.05, 3.63) is 35.9 Å². The Balaban J connectivity index is 2.85. The van der Waals surface area contributed by atoms with Crippen LogP contribution in [0.3, 0.4) is 0 Å². The lowest BCUT2D eigenvalue weighted by molar-refractivity contribution is -0.142. The molecule has 1 aromatic carbocycles. The zero-order valence-corrected chi connectivity index (χ0v) is 14.8. The van der Waals surface area contributed by atoms with Crippen LogP contribution in [0.2, 0.25) is 0 Å². The molecule has 132 valence electrons. The van der Waals surface area contributed by atoms with Crippen LogP contribution in [0.25, 0.3) is 0 Å². The van der Waals surface area contributed by atoms with Crippen LogP contribution in [0.15, 0.2) is 30.3 Å². The molecule has 2 atom stereocenters. The van der Waals surface area contributed by atoms with Crippen molar-refractivity contribution in [1.29, 1.82) is 0 Å². The first-order chi connectivity index (χ1) is 11.3. The second-order valence-electron chi connectivity index (χ2n) is 6.00. The molecule has 0 aliphatic rings. The van der Waals surface area contributed by atoms with Crippen LogP contribution in [0.5, 0.6) is 0 Å². The molecule has 2 unspecified atom stereocenters. The normalized spacial score (nSPS) is 13.2. The van der Waals surface area contributed by atoms with Gasteiger partial charge in [-0.25, -0.2) is 4.79 Å². The van der Waals surface area contributed by atoms with Crippen molar-refractivity contribution in [2.75, 3.05) is 5.75 Å². The summed E-state index contributed by atoms with van der Waals surface area (Å²) in [5.41, 5.74) is 0.868. The summed E-state index contributed by atoms with van der Waals surface area (Å²) in [6, 6.07) is 7.39. The van der Waals surface area contributed by atoms with Crippen LogP contribution in [-0.2, 0) is 20.8 Å². The molecule has 0 aliphatic carbocycles. The summed E-state index contributed by atoms with van der Waals surface area (Å²) in [7, 11) is 0. The quantitative estimate of drug-likeness (QED) is 0.503. The van der Waals surface area contributed by atoms with Crippen LogP contribution in [0, 0.1) is 5.92 Å². The number of hydrogen-bond acceptors (Lipinski definition) is 4. The molecule has 24 heavy (non-hydrogen) atoms. The summed E-state index contributed by atoms with van der Waals surface area (Å²) in [6.07, 6.45) is 0.597. The minimum atomic E-state index is -1.09. The van der Waals surface area contributed by atoms with Crippen molar-refractivity contribution in [2.45, 2.75) is 38.8 Å². The predicted molar refractivity (Wildman–Crippen MR) is 95.0 cm³/mol. The third-order valence-electron chi connectivity index (χ3n) is 3.40. The Bertz CT molecular complexity index is 563. The van der Waals surface area contributed by atoms with Crippen molar-refractivity contribution in [1.82, 2.24) is 10.6 Å². The third kappa shape index (κ3) is 7.04. The second kappa shape index (κ2) is 9.97. The number of carboxylic acids is 1. The van der Waals surface area contributed by atoms with E-state index < -0.39 is 24.0 Å². The van der Waals surface area contributed by atoms with Crippen molar-refractivity contribution in [3.8, 4) is 0 Å². The first-order valence-electron chi connectivity index (χ1n) is 7.80. The topological polar surface area (TPSA) is 95.5 Å². The average Bonchev–Trinajstić information content (AvgIpc) is 2.53. The fraction of sp³-hybridized carbons (Fsp3) is 0.471. The summed E-state index contributed by atoms with van der Waals surface area (Å²) in [5.74, 6) is -1.92. The first-order valence-corrected chi connectivity index (χ1v) is 8.44. The molecule has 0 bridgehead atoms. The molecule has 0 fully saturated rings. The molecule has 0 saturated heterocycles. The number of carboxylic acid groups (broad SMARTS) is 1. The summed E-state index contributed by atoms with van der Waals surface area (Å²) in [6.45, 7) is 3.76. The number of aliphatic carboxylic acids is 1. The fourth-order valence-electron chi connectivity index (χ4n) is 2.26. The van der Waals surface area contributed by atoms with Crippen LogP contribution < -0.4 is 10.6 Å². The Hall–Kier alpha value is -2.02. The van der Waals surface area contributed by atoms with Gasteiger partial charge >= 0.3 is 5.97 Å². The number of benzene rings is 1. The largest absolute Gasteiger partial charge is 0.480 e. The van der Waals surface area contributed by atoms with E-state index >= 15 is 0 Å². The Kier molecular flexibility index (Phi) is 8.32. The zero-order valence-electron chi connectivity index (χ0n) is 13.9. The zero-order chi connectivity index (χ0) is 18.1. The van der Waals surface area contributed by atoms with Crippen molar-refractivity contribution < 1.29 is 19.5 Å². The van der Waals surface area contributed by atoms with E-state index in [4.69, 9.17) is 0 Å². The van der Waals surface area contributed by atoms with Gasteiger partial charge in [-0.3, -0.25) is 9.59 Å². The molecule has 3 N–H and O–H groups in total. The van der Waals surface area contributed by atoms with E-state index in [-0.39, 0.29) is 24.0 Å². The van der Waals surface area contributed by atoms with Crippen LogP contribution in [0.1, 0.15) is 25.8 Å². The maximum absolute atomic E-state index is 12.5. The number of thiol groups is 1. The summed E-state index contributed by atoms with van der Waals surface area (Å²) in [4.78, 5) is 35.4. The molecule has 6 nitrogen and oxygen atoms in total. The molecular formula is C17H24N2O4S. The van der Waals surface area contributed by atoms with Gasteiger partial charge in [0.15, 0.2) is 0 Å². The molecule has 1 rings (SSSR count). The van der Waals surface area contributed by atoms with Gasteiger partial charge in [-0.1, -0.05) is 44.2 Å². The van der Waals surface area contributed by atoms with E-state index in [1.165, 1.54) is 0 Å². The SMILES string of the molecule is CC(C)CC(NC(=O)C(Cc1ccccc1)NC(=O)CS)C(=O)O. The Morgan fingerprint density at radius 1 is 1.08 bits per heavy atom. The van der Waals surface area contributed by atoms with Crippen LogP contribution in [-0.4, -0.2) is 40.7 Å². The van der Waals surface area contributed by atoms with E-state index in [1.807, 2.05) is 44.2 Å². The van der Waals surface area contributed by atoms with Gasteiger partial charge in [0.05, 0.1) is 5.75 Å². The number of hydrogen-bond donors (Lipinski definition) is 4.